The molecule has 2 aliphatic heterocycles. The molecule has 0 saturated heterocycles. The lowest BCUT2D eigenvalue weighted by atomic mass is 9.84. The molecule has 0 bridgehead atoms. The quantitative estimate of drug-likeness (QED) is 0.182. The summed E-state index contributed by atoms with van der Waals surface area (Å²) in [5.74, 6) is 0. The van der Waals surface area contributed by atoms with E-state index in [1.165, 1.54) is 19.6 Å². The van der Waals surface area contributed by atoms with E-state index in [-0.39, 0.29) is 0 Å². The summed E-state index contributed by atoms with van der Waals surface area (Å²) in [6.45, 7) is 4.43. The van der Waals surface area contributed by atoms with Gasteiger partial charge < -0.3 is 9.80 Å². The molecule has 0 aliphatic carbocycles. The van der Waals surface area contributed by atoms with Crippen molar-refractivity contribution in [1.82, 2.24) is 0 Å². The fourth-order valence-corrected chi connectivity index (χ4v) is 9.73. The summed E-state index contributed by atoms with van der Waals surface area (Å²) in [4.78, 5) is 9.54. The van der Waals surface area contributed by atoms with Crippen LogP contribution in [0.5, 0.6) is 0 Å². The zero-order chi connectivity index (χ0) is 35.3. The van der Waals surface area contributed by atoms with Gasteiger partial charge in [0, 0.05) is 30.7 Å². The predicted octanol–water partition coefficient (Wildman–Crippen LogP) is 13.2. The molecule has 7 aromatic carbocycles. The zero-order valence-electron chi connectivity index (χ0n) is 28.5. The molecule has 0 spiro atoms. The Kier molecular flexibility index (Phi) is 7.86. The van der Waals surface area contributed by atoms with Gasteiger partial charge in [0.05, 0.1) is 57.4 Å². The summed E-state index contributed by atoms with van der Waals surface area (Å²) < 4.78 is 0. The third-order valence-electron chi connectivity index (χ3n) is 9.81. The standard InChI is InChI=1S/C46H30N4S2/c1-29-43(33-15-11-13-31(25-33)27-47)45(49-35-17-3-7-21-39(35)51-40-22-8-4-18-36(40)49)30(2)46(44(29)34-16-12-14-32(26-34)28-48)50-37-19-5-9-23-41(37)52-42-24-10-6-20-38(42)50/h3-26H,1-2H3. The number of para-hydroxylation sites is 4. The Hall–Kier alpha value is -6.18. The number of hydrogen-bond donors (Lipinski definition) is 0. The topological polar surface area (TPSA) is 54.1 Å². The van der Waals surface area contributed by atoms with E-state index >= 15 is 0 Å². The molecule has 0 aromatic heterocycles. The summed E-state index contributed by atoms with van der Waals surface area (Å²) in [5, 5.41) is 20.2. The molecule has 2 aliphatic rings. The maximum atomic E-state index is 10.1. The lowest BCUT2D eigenvalue weighted by Crippen LogP contribution is -2.22. The van der Waals surface area contributed by atoms with Gasteiger partial charge in [0.1, 0.15) is 0 Å². The minimum Gasteiger partial charge on any atom is -0.307 e. The van der Waals surface area contributed by atoms with Gasteiger partial charge in [-0.1, -0.05) is 96.3 Å². The average molecular weight is 703 g/mol. The maximum Gasteiger partial charge on any atom is 0.0991 e. The third kappa shape index (κ3) is 5.08. The Morgan fingerprint density at radius 1 is 0.423 bits per heavy atom. The van der Waals surface area contributed by atoms with E-state index in [4.69, 9.17) is 0 Å². The molecule has 7 aromatic rings. The lowest BCUT2D eigenvalue weighted by molar-refractivity contribution is 1.12. The van der Waals surface area contributed by atoms with E-state index in [1.54, 1.807) is 23.5 Å². The van der Waals surface area contributed by atoms with Crippen molar-refractivity contribution in [2.24, 2.45) is 0 Å². The average Bonchev–Trinajstić information content (AvgIpc) is 3.19. The SMILES string of the molecule is Cc1c(-c2cccc(C#N)c2)c(N2c3ccccc3Sc3ccccc32)c(C)c(N2c3ccccc3Sc3ccccc32)c1-c1cccc(C#N)c1. The Balaban J connectivity index is 1.49. The van der Waals surface area contributed by atoms with Gasteiger partial charge >= 0.3 is 0 Å². The largest absolute Gasteiger partial charge is 0.307 e. The van der Waals surface area contributed by atoms with Gasteiger partial charge in [-0.3, -0.25) is 0 Å². The van der Waals surface area contributed by atoms with Crippen molar-refractivity contribution < 1.29 is 0 Å². The smallest absolute Gasteiger partial charge is 0.0991 e. The van der Waals surface area contributed by atoms with Gasteiger partial charge in [0.15, 0.2) is 0 Å². The summed E-state index contributed by atoms with van der Waals surface area (Å²) in [6.07, 6.45) is 0. The first kappa shape index (κ1) is 31.8. The summed E-state index contributed by atoms with van der Waals surface area (Å²) in [6, 6.07) is 55.1. The van der Waals surface area contributed by atoms with Crippen LogP contribution in [0, 0.1) is 36.5 Å². The monoisotopic (exact) mass is 702 g/mol. The number of hydrogen-bond acceptors (Lipinski definition) is 6. The number of anilines is 6. The summed E-state index contributed by atoms with van der Waals surface area (Å²) in [7, 11) is 0. The fraction of sp³-hybridized carbons (Fsp3) is 0.0435. The van der Waals surface area contributed by atoms with Crippen molar-refractivity contribution in [3.8, 4) is 34.4 Å². The number of nitriles is 2. The molecule has 0 unspecified atom stereocenters. The first-order valence-electron chi connectivity index (χ1n) is 17.1. The molecular formula is C46H30N4S2. The van der Waals surface area contributed by atoms with Crippen molar-refractivity contribution in [2.75, 3.05) is 9.80 Å². The second-order valence-corrected chi connectivity index (χ2v) is 15.0. The highest BCUT2D eigenvalue weighted by molar-refractivity contribution is 8.00. The van der Waals surface area contributed by atoms with E-state index < -0.39 is 0 Å². The lowest BCUT2D eigenvalue weighted by Gasteiger charge is -2.40. The molecule has 0 saturated carbocycles. The van der Waals surface area contributed by atoms with Gasteiger partial charge in [-0.25, -0.2) is 0 Å². The van der Waals surface area contributed by atoms with Gasteiger partial charge in [-0.15, -0.1) is 0 Å². The molecule has 0 radical (unpaired) electrons. The van der Waals surface area contributed by atoms with Crippen LogP contribution in [0.4, 0.5) is 34.1 Å². The number of nitrogens with zero attached hydrogens (tertiary/aromatic N) is 4. The Labute approximate surface area is 312 Å². The molecule has 0 atom stereocenters. The van der Waals surface area contributed by atoms with Crippen LogP contribution in [-0.2, 0) is 0 Å². The third-order valence-corrected chi connectivity index (χ3v) is 12.1. The molecule has 9 rings (SSSR count). The van der Waals surface area contributed by atoms with Gasteiger partial charge in [-0.2, -0.15) is 10.5 Å². The highest BCUT2D eigenvalue weighted by atomic mass is 32.2. The van der Waals surface area contributed by atoms with Crippen LogP contribution in [0.15, 0.2) is 165 Å². The van der Waals surface area contributed by atoms with Crippen LogP contribution in [0.25, 0.3) is 22.3 Å². The van der Waals surface area contributed by atoms with Gasteiger partial charge in [0.25, 0.3) is 0 Å². The van der Waals surface area contributed by atoms with Crippen molar-refractivity contribution in [3.05, 3.63) is 168 Å². The molecule has 0 fully saturated rings. The highest BCUT2D eigenvalue weighted by Gasteiger charge is 2.35. The second kappa shape index (κ2) is 12.9. The van der Waals surface area contributed by atoms with Crippen LogP contribution in [-0.4, -0.2) is 0 Å². The van der Waals surface area contributed by atoms with Crippen LogP contribution in [0.1, 0.15) is 22.3 Å². The number of benzene rings is 7. The highest BCUT2D eigenvalue weighted by Crippen LogP contribution is 2.60. The first-order chi connectivity index (χ1) is 25.6. The zero-order valence-corrected chi connectivity index (χ0v) is 30.1. The normalized spacial score (nSPS) is 12.5. The molecule has 0 N–H and O–H groups in total. The number of fused-ring (bicyclic) bond motifs is 4. The van der Waals surface area contributed by atoms with Crippen LogP contribution in [0.3, 0.4) is 0 Å². The van der Waals surface area contributed by atoms with E-state index in [9.17, 15) is 10.5 Å². The van der Waals surface area contributed by atoms with Crippen molar-refractivity contribution in [3.63, 3.8) is 0 Å². The van der Waals surface area contributed by atoms with E-state index in [0.29, 0.717) is 11.1 Å². The molecular weight excluding hydrogens is 673 g/mol. The van der Waals surface area contributed by atoms with Crippen molar-refractivity contribution in [2.45, 2.75) is 33.4 Å². The Bertz CT molecular complexity index is 2400. The summed E-state index contributed by atoms with van der Waals surface area (Å²) in [5.41, 5.74) is 13.9. The summed E-state index contributed by atoms with van der Waals surface area (Å²) >= 11 is 3.58. The van der Waals surface area contributed by atoms with Crippen molar-refractivity contribution in [1.29, 1.82) is 10.5 Å². The molecule has 6 heteroatoms. The second-order valence-electron chi connectivity index (χ2n) is 12.8. The van der Waals surface area contributed by atoms with Gasteiger partial charge in [0.2, 0.25) is 0 Å². The van der Waals surface area contributed by atoms with E-state index in [1.807, 2.05) is 36.4 Å². The molecule has 246 valence electrons. The fourth-order valence-electron chi connectivity index (χ4n) is 7.61. The molecule has 4 nitrogen and oxygen atoms in total. The Morgan fingerprint density at radius 2 is 0.769 bits per heavy atom. The van der Waals surface area contributed by atoms with Crippen LogP contribution < -0.4 is 9.80 Å². The first-order valence-corrected chi connectivity index (χ1v) is 18.7. The minimum absolute atomic E-state index is 0.600. The van der Waals surface area contributed by atoms with Crippen molar-refractivity contribution >= 4 is 57.6 Å². The molecule has 0 amide bonds. The van der Waals surface area contributed by atoms with Crippen LogP contribution >= 0.6 is 23.5 Å². The molecule has 52 heavy (non-hydrogen) atoms. The molecule has 2 heterocycles. The predicted molar refractivity (Wildman–Crippen MR) is 214 cm³/mol. The van der Waals surface area contributed by atoms with E-state index in [0.717, 1.165) is 67.5 Å². The van der Waals surface area contributed by atoms with E-state index in [2.05, 4.69) is 145 Å². The Morgan fingerprint density at radius 3 is 1.12 bits per heavy atom. The van der Waals surface area contributed by atoms with Crippen LogP contribution in [0.2, 0.25) is 0 Å². The maximum absolute atomic E-state index is 10.1. The minimum atomic E-state index is 0.600. The number of rotatable bonds is 4. The van der Waals surface area contributed by atoms with Gasteiger partial charge in [-0.05, 0) is 109 Å².